The summed E-state index contributed by atoms with van der Waals surface area (Å²) in [5.41, 5.74) is 1.65. The van der Waals surface area contributed by atoms with Gasteiger partial charge >= 0.3 is 0 Å². The Morgan fingerprint density at radius 2 is 2.03 bits per heavy atom. The number of ether oxygens (including phenoxy) is 1. The van der Waals surface area contributed by atoms with Crippen LogP contribution in [0, 0.1) is 19.7 Å². The highest BCUT2D eigenvalue weighted by molar-refractivity contribution is 7.99. The number of nitrogens with one attached hydrogen (secondary N) is 1. The molecule has 0 aliphatic heterocycles. The van der Waals surface area contributed by atoms with Crippen molar-refractivity contribution in [1.82, 2.24) is 14.9 Å². The first kappa shape index (κ1) is 22.5. The highest BCUT2D eigenvalue weighted by Crippen LogP contribution is 2.28. The van der Waals surface area contributed by atoms with Crippen molar-refractivity contribution >= 4 is 39.2 Å². The molecule has 2 aromatic heterocycles. The number of nitrogens with zero attached hydrogens (tertiary/aromatic N) is 2. The Bertz CT molecular complexity index is 1110. The minimum absolute atomic E-state index is 0.110. The monoisotopic (exact) mass is 449 g/mol. The summed E-state index contributed by atoms with van der Waals surface area (Å²) in [5, 5.41) is 4.02. The van der Waals surface area contributed by atoms with Crippen LogP contribution in [0.15, 0.2) is 34.2 Å². The lowest BCUT2D eigenvalue weighted by Gasteiger charge is -2.15. The number of rotatable bonds is 8. The van der Waals surface area contributed by atoms with E-state index in [2.05, 4.69) is 10.3 Å². The Morgan fingerprint density at radius 1 is 1.33 bits per heavy atom. The summed E-state index contributed by atoms with van der Waals surface area (Å²) in [7, 11) is 1.58. The SMILES string of the molecule is COCCn1c(SCC(=O)N[C@@H](C)c2ccc(F)cc2)nc2sc(C)c(C)c2c1=O. The molecule has 0 unspecified atom stereocenters. The lowest BCUT2D eigenvalue weighted by molar-refractivity contribution is -0.119. The second kappa shape index (κ2) is 9.72. The molecule has 30 heavy (non-hydrogen) atoms. The standard InChI is InChI=1S/C21H24FN3O3S2/c1-12-14(3)30-19-18(12)20(27)25(9-10-28-4)21(24-19)29-11-17(26)23-13(2)15-5-7-16(22)8-6-15/h5-8,13H,9-11H2,1-4H3,(H,23,26)/t13-/m0/s1. The minimum Gasteiger partial charge on any atom is -0.383 e. The van der Waals surface area contributed by atoms with Gasteiger partial charge < -0.3 is 10.1 Å². The quantitative estimate of drug-likeness (QED) is 0.418. The topological polar surface area (TPSA) is 73.2 Å². The molecule has 0 spiro atoms. The number of halogens is 1. The fourth-order valence-electron chi connectivity index (χ4n) is 3.05. The summed E-state index contributed by atoms with van der Waals surface area (Å²) < 4.78 is 19.8. The van der Waals surface area contributed by atoms with Crippen LogP contribution in [0.4, 0.5) is 4.39 Å². The van der Waals surface area contributed by atoms with E-state index in [4.69, 9.17) is 4.74 Å². The lowest BCUT2D eigenvalue weighted by atomic mass is 10.1. The largest absolute Gasteiger partial charge is 0.383 e. The number of benzene rings is 1. The van der Waals surface area contributed by atoms with Crippen molar-refractivity contribution in [3.63, 3.8) is 0 Å². The van der Waals surface area contributed by atoms with E-state index < -0.39 is 0 Å². The number of aryl methyl sites for hydroxylation is 2. The number of amides is 1. The molecule has 3 rings (SSSR count). The molecule has 2 heterocycles. The van der Waals surface area contributed by atoms with Gasteiger partial charge in [-0.25, -0.2) is 9.37 Å². The zero-order valence-corrected chi connectivity index (χ0v) is 19.0. The first-order valence-electron chi connectivity index (χ1n) is 9.49. The zero-order valence-electron chi connectivity index (χ0n) is 17.3. The maximum atomic E-state index is 13.1. The van der Waals surface area contributed by atoms with Crippen molar-refractivity contribution < 1.29 is 13.9 Å². The summed E-state index contributed by atoms with van der Waals surface area (Å²) in [4.78, 5) is 31.9. The molecular weight excluding hydrogens is 425 g/mol. The fraction of sp³-hybridized carbons (Fsp3) is 0.381. The molecule has 1 amide bonds. The average molecular weight is 450 g/mol. The smallest absolute Gasteiger partial charge is 0.263 e. The molecule has 1 N–H and O–H groups in total. The molecule has 6 nitrogen and oxygen atoms in total. The number of fused-ring (bicyclic) bond motifs is 1. The number of carbonyl (C=O) groups is 1. The van der Waals surface area contributed by atoms with E-state index in [9.17, 15) is 14.0 Å². The van der Waals surface area contributed by atoms with Gasteiger partial charge in [-0.1, -0.05) is 23.9 Å². The first-order valence-corrected chi connectivity index (χ1v) is 11.3. The molecule has 0 fully saturated rings. The van der Waals surface area contributed by atoms with Crippen LogP contribution >= 0.6 is 23.1 Å². The third kappa shape index (κ3) is 4.91. The van der Waals surface area contributed by atoms with E-state index in [1.807, 2.05) is 20.8 Å². The van der Waals surface area contributed by atoms with Crippen molar-refractivity contribution in [2.45, 2.75) is 38.5 Å². The number of hydrogen-bond acceptors (Lipinski definition) is 6. The Labute approximate surface area is 182 Å². The molecule has 1 atom stereocenters. The first-order chi connectivity index (χ1) is 14.3. The summed E-state index contributed by atoms with van der Waals surface area (Å²) in [6.07, 6.45) is 0. The molecule has 0 radical (unpaired) electrons. The van der Waals surface area contributed by atoms with E-state index in [-0.39, 0.29) is 29.1 Å². The van der Waals surface area contributed by atoms with E-state index in [0.717, 1.165) is 16.0 Å². The number of methoxy groups -OCH3 is 1. The van der Waals surface area contributed by atoms with Crippen LogP contribution in [0.5, 0.6) is 0 Å². The fourth-order valence-corrected chi connectivity index (χ4v) is 4.95. The normalized spacial score (nSPS) is 12.3. The van der Waals surface area contributed by atoms with Crippen LogP contribution in [0.1, 0.15) is 29.0 Å². The molecular formula is C21H24FN3O3S2. The van der Waals surface area contributed by atoms with Gasteiger partial charge in [-0.15, -0.1) is 11.3 Å². The average Bonchev–Trinajstić information content (AvgIpc) is 3.00. The molecule has 160 valence electrons. The van der Waals surface area contributed by atoms with Gasteiger partial charge in [-0.3, -0.25) is 14.2 Å². The summed E-state index contributed by atoms with van der Waals surface area (Å²) in [5.74, 6) is -0.398. The van der Waals surface area contributed by atoms with Gasteiger partial charge in [0, 0.05) is 12.0 Å². The summed E-state index contributed by atoms with van der Waals surface area (Å²) in [6.45, 7) is 6.47. The van der Waals surface area contributed by atoms with Crippen LogP contribution < -0.4 is 10.9 Å². The van der Waals surface area contributed by atoms with Crippen molar-refractivity contribution in [2.75, 3.05) is 19.5 Å². The van der Waals surface area contributed by atoms with Crippen molar-refractivity contribution in [2.24, 2.45) is 0 Å². The van der Waals surface area contributed by atoms with Crippen LogP contribution in [0.3, 0.4) is 0 Å². The Hall–Kier alpha value is -2.23. The van der Waals surface area contributed by atoms with Crippen molar-refractivity contribution in [3.05, 3.63) is 56.4 Å². The van der Waals surface area contributed by atoms with Gasteiger partial charge in [-0.2, -0.15) is 0 Å². The van der Waals surface area contributed by atoms with Gasteiger partial charge in [0.15, 0.2) is 5.16 Å². The highest BCUT2D eigenvalue weighted by atomic mass is 32.2. The molecule has 0 saturated carbocycles. The predicted molar refractivity (Wildman–Crippen MR) is 119 cm³/mol. The molecule has 1 aromatic carbocycles. The van der Waals surface area contributed by atoms with E-state index >= 15 is 0 Å². The second-order valence-corrected chi connectivity index (χ2v) is 9.08. The molecule has 9 heteroatoms. The number of thiophene rings is 1. The van der Waals surface area contributed by atoms with Crippen LogP contribution in [-0.2, 0) is 16.1 Å². The predicted octanol–water partition coefficient (Wildman–Crippen LogP) is 3.83. The molecule has 3 aromatic rings. The number of carbonyl (C=O) groups excluding carboxylic acids is 1. The van der Waals surface area contributed by atoms with Gasteiger partial charge in [0.25, 0.3) is 5.56 Å². The van der Waals surface area contributed by atoms with Gasteiger partial charge in [0.1, 0.15) is 10.6 Å². The number of hydrogen-bond donors (Lipinski definition) is 1. The second-order valence-electron chi connectivity index (χ2n) is 6.94. The molecule has 0 bridgehead atoms. The minimum atomic E-state index is -0.317. The van der Waals surface area contributed by atoms with E-state index in [0.29, 0.717) is 28.5 Å². The number of thioether (sulfide) groups is 1. The third-order valence-electron chi connectivity index (χ3n) is 4.85. The van der Waals surface area contributed by atoms with E-state index in [1.54, 1.807) is 23.8 Å². The van der Waals surface area contributed by atoms with Crippen molar-refractivity contribution in [1.29, 1.82) is 0 Å². The lowest BCUT2D eigenvalue weighted by Crippen LogP contribution is -2.29. The molecule has 0 saturated heterocycles. The Morgan fingerprint density at radius 3 is 2.70 bits per heavy atom. The highest BCUT2D eigenvalue weighted by Gasteiger charge is 2.18. The number of aromatic nitrogens is 2. The summed E-state index contributed by atoms with van der Waals surface area (Å²) in [6, 6.07) is 5.77. The van der Waals surface area contributed by atoms with Gasteiger partial charge in [-0.05, 0) is 44.0 Å². The van der Waals surface area contributed by atoms with Crippen LogP contribution in [0.2, 0.25) is 0 Å². The van der Waals surface area contributed by atoms with Crippen LogP contribution in [-0.4, -0.2) is 34.9 Å². The Kier molecular flexibility index (Phi) is 7.27. The Balaban J connectivity index is 1.77. The maximum absolute atomic E-state index is 13.1. The van der Waals surface area contributed by atoms with Crippen molar-refractivity contribution in [3.8, 4) is 0 Å². The molecule has 0 aliphatic rings. The maximum Gasteiger partial charge on any atom is 0.263 e. The molecule has 0 aliphatic carbocycles. The third-order valence-corrected chi connectivity index (χ3v) is 6.93. The van der Waals surface area contributed by atoms with E-state index in [1.165, 1.54) is 35.2 Å². The zero-order chi connectivity index (χ0) is 21.8. The van der Waals surface area contributed by atoms with Gasteiger partial charge in [0.05, 0.1) is 30.3 Å². The summed E-state index contributed by atoms with van der Waals surface area (Å²) >= 11 is 2.70. The van der Waals surface area contributed by atoms with Crippen LogP contribution in [0.25, 0.3) is 10.2 Å². The van der Waals surface area contributed by atoms with Gasteiger partial charge in [0.2, 0.25) is 5.91 Å².